The number of aryl methyl sites for hydroxylation is 1. The van der Waals surface area contributed by atoms with E-state index in [1.807, 2.05) is 37.3 Å². The summed E-state index contributed by atoms with van der Waals surface area (Å²) in [6.07, 6.45) is 3.49. The van der Waals surface area contributed by atoms with E-state index >= 15 is 0 Å². The number of amides is 1. The molecule has 0 saturated heterocycles. The minimum atomic E-state index is -0.532. The molecule has 1 aliphatic rings. The fourth-order valence-corrected chi connectivity index (χ4v) is 2.92. The van der Waals surface area contributed by atoms with Gasteiger partial charge >= 0.3 is 0 Å². The van der Waals surface area contributed by atoms with Gasteiger partial charge in [-0.3, -0.25) is 9.59 Å². The molecule has 1 aromatic carbocycles. The summed E-state index contributed by atoms with van der Waals surface area (Å²) in [6, 6.07) is 9.60. The minimum absolute atomic E-state index is 0.403. The summed E-state index contributed by atoms with van der Waals surface area (Å²) in [5.74, 6) is -0.502. The molecular formula is C18H21N3O2. The molecule has 0 spiro atoms. The SMILES string of the molecule is Cc1nn(-c2ccccc2)c(C)c1C(=O)C(=O)NCC1CCC1. The number of ketones is 1. The van der Waals surface area contributed by atoms with Crippen molar-refractivity contribution in [2.24, 2.45) is 5.92 Å². The molecule has 3 rings (SSSR count). The molecule has 0 atom stereocenters. The van der Waals surface area contributed by atoms with Gasteiger partial charge in [-0.1, -0.05) is 24.6 Å². The lowest BCUT2D eigenvalue weighted by Crippen LogP contribution is -2.37. The van der Waals surface area contributed by atoms with Crippen LogP contribution in [-0.4, -0.2) is 28.0 Å². The molecule has 1 saturated carbocycles. The van der Waals surface area contributed by atoms with E-state index in [-0.39, 0.29) is 0 Å². The summed E-state index contributed by atoms with van der Waals surface area (Å²) >= 11 is 0. The van der Waals surface area contributed by atoms with Crippen LogP contribution < -0.4 is 5.32 Å². The molecule has 5 heteroatoms. The fourth-order valence-electron chi connectivity index (χ4n) is 2.92. The van der Waals surface area contributed by atoms with Crippen molar-refractivity contribution >= 4 is 11.7 Å². The molecule has 1 N–H and O–H groups in total. The molecule has 0 aliphatic heterocycles. The Morgan fingerprint density at radius 1 is 1.22 bits per heavy atom. The van der Waals surface area contributed by atoms with E-state index in [4.69, 9.17) is 0 Å². The van der Waals surface area contributed by atoms with Crippen LogP contribution in [0.3, 0.4) is 0 Å². The van der Waals surface area contributed by atoms with Gasteiger partial charge in [-0.2, -0.15) is 5.10 Å². The largest absolute Gasteiger partial charge is 0.349 e. The summed E-state index contributed by atoms with van der Waals surface area (Å²) < 4.78 is 1.71. The molecule has 0 unspecified atom stereocenters. The molecule has 1 heterocycles. The van der Waals surface area contributed by atoms with Gasteiger partial charge in [-0.25, -0.2) is 4.68 Å². The zero-order valence-corrected chi connectivity index (χ0v) is 13.5. The molecule has 2 aromatic rings. The maximum Gasteiger partial charge on any atom is 0.292 e. The first-order valence-electron chi connectivity index (χ1n) is 8.02. The quantitative estimate of drug-likeness (QED) is 0.682. The van der Waals surface area contributed by atoms with E-state index in [9.17, 15) is 9.59 Å². The Bertz CT molecular complexity index is 730. The summed E-state index contributed by atoms with van der Waals surface area (Å²) in [5, 5.41) is 7.18. The van der Waals surface area contributed by atoms with Crippen molar-refractivity contribution in [1.82, 2.24) is 15.1 Å². The van der Waals surface area contributed by atoms with Crippen molar-refractivity contribution in [1.29, 1.82) is 0 Å². The second kappa shape index (κ2) is 6.36. The summed E-state index contributed by atoms with van der Waals surface area (Å²) in [6.45, 7) is 4.17. The van der Waals surface area contributed by atoms with E-state index < -0.39 is 11.7 Å². The number of hydrogen-bond acceptors (Lipinski definition) is 3. The van der Waals surface area contributed by atoms with E-state index in [0.29, 0.717) is 29.4 Å². The van der Waals surface area contributed by atoms with Crippen LogP contribution in [0.5, 0.6) is 0 Å². The summed E-state index contributed by atoms with van der Waals surface area (Å²) in [4.78, 5) is 24.6. The number of hydrogen-bond donors (Lipinski definition) is 1. The lowest BCUT2D eigenvalue weighted by atomic mass is 9.85. The molecule has 0 bridgehead atoms. The van der Waals surface area contributed by atoms with E-state index in [0.717, 1.165) is 18.5 Å². The first-order valence-corrected chi connectivity index (χ1v) is 8.02. The predicted octanol–water partition coefficient (Wildman–Crippen LogP) is 2.59. The summed E-state index contributed by atoms with van der Waals surface area (Å²) in [7, 11) is 0. The van der Waals surface area contributed by atoms with Crippen LogP contribution in [0.15, 0.2) is 30.3 Å². The maximum atomic E-state index is 12.5. The highest BCUT2D eigenvalue weighted by Crippen LogP contribution is 2.25. The number of carbonyl (C=O) groups is 2. The predicted molar refractivity (Wildman–Crippen MR) is 87.7 cm³/mol. The number of aromatic nitrogens is 2. The second-order valence-corrected chi connectivity index (χ2v) is 6.13. The smallest absolute Gasteiger partial charge is 0.292 e. The van der Waals surface area contributed by atoms with Crippen molar-refractivity contribution in [2.45, 2.75) is 33.1 Å². The van der Waals surface area contributed by atoms with Crippen molar-refractivity contribution in [2.75, 3.05) is 6.54 Å². The monoisotopic (exact) mass is 311 g/mol. The molecule has 23 heavy (non-hydrogen) atoms. The number of benzene rings is 1. The third-order valence-electron chi connectivity index (χ3n) is 4.50. The second-order valence-electron chi connectivity index (χ2n) is 6.13. The topological polar surface area (TPSA) is 64.0 Å². The van der Waals surface area contributed by atoms with Crippen molar-refractivity contribution in [3.63, 3.8) is 0 Å². The average molecular weight is 311 g/mol. The maximum absolute atomic E-state index is 12.5. The Hall–Kier alpha value is -2.43. The number of rotatable bonds is 5. The number of Topliss-reactive ketones (excluding diaryl/α,β-unsaturated/α-hetero) is 1. The molecule has 0 radical (unpaired) electrons. The normalized spacial score (nSPS) is 14.3. The van der Waals surface area contributed by atoms with Crippen molar-refractivity contribution in [3.8, 4) is 5.69 Å². The zero-order valence-electron chi connectivity index (χ0n) is 13.5. The molecule has 1 fully saturated rings. The van der Waals surface area contributed by atoms with Crippen LogP contribution in [0.1, 0.15) is 41.0 Å². The highest BCUT2D eigenvalue weighted by Gasteiger charge is 2.26. The molecular weight excluding hydrogens is 290 g/mol. The minimum Gasteiger partial charge on any atom is -0.349 e. The van der Waals surface area contributed by atoms with E-state index in [1.165, 1.54) is 6.42 Å². The molecule has 1 amide bonds. The van der Waals surface area contributed by atoms with Gasteiger partial charge in [-0.05, 0) is 44.7 Å². The van der Waals surface area contributed by atoms with E-state index in [2.05, 4.69) is 10.4 Å². The van der Waals surface area contributed by atoms with Gasteiger partial charge in [0.2, 0.25) is 0 Å². The number of nitrogens with one attached hydrogen (secondary N) is 1. The first-order chi connectivity index (χ1) is 11.1. The molecule has 120 valence electrons. The van der Waals surface area contributed by atoms with Crippen LogP contribution >= 0.6 is 0 Å². The Morgan fingerprint density at radius 2 is 1.91 bits per heavy atom. The average Bonchev–Trinajstić information content (AvgIpc) is 2.80. The van der Waals surface area contributed by atoms with Crippen LogP contribution in [0.25, 0.3) is 5.69 Å². The van der Waals surface area contributed by atoms with Crippen molar-refractivity contribution in [3.05, 3.63) is 47.3 Å². The van der Waals surface area contributed by atoms with Crippen LogP contribution in [0, 0.1) is 19.8 Å². The molecule has 1 aliphatic carbocycles. The van der Waals surface area contributed by atoms with Gasteiger partial charge < -0.3 is 5.32 Å². The standard InChI is InChI=1S/C18H21N3O2/c1-12-16(17(22)18(23)19-11-14-7-6-8-14)13(2)21(20-12)15-9-4-3-5-10-15/h3-5,9-10,14H,6-8,11H2,1-2H3,(H,19,23). The Kier molecular flexibility index (Phi) is 4.28. The lowest BCUT2D eigenvalue weighted by molar-refractivity contribution is -0.117. The Morgan fingerprint density at radius 3 is 2.52 bits per heavy atom. The van der Waals surface area contributed by atoms with Crippen LogP contribution in [0.4, 0.5) is 0 Å². The van der Waals surface area contributed by atoms with Crippen molar-refractivity contribution < 1.29 is 9.59 Å². The lowest BCUT2D eigenvalue weighted by Gasteiger charge is -2.25. The van der Waals surface area contributed by atoms with Gasteiger partial charge in [0.1, 0.15) is 0 Å². The third kappa shape index (κ3) is 3.04. The van der Waals surface area contributed by atoms with Gasteiger partial charge in [-0.15, -0.1) is 0 Å². The molecule has 5 nitrogen and oxygen atoms in total. The molecule has 1 aromatic heterocycles. The van der Waals surface area contributed by atoms with Gasteiger partial charge in [0.15, 0.2) is 0 Å². The fraction of sp³-hybridized carbons (Fsp3) is 0.389. The first kappa shape index (κ1) is 15.5. The number of para-hydroxylation sites is 1. The number of carbonyl (C=O) groups excluding carboxylic acids is 2. The number of nitrogens with zero attached hydrogens (tertiary/aromatic N) is 2. The van der Waals surface area contributed by atoms with Crippen LogP contribution in [0.2, 0.25) is 0 Å². The van der Waals surface area contributed by atoms with Gasteiger partial charge in [0.25, 0.3) is 11.7 Å². The summed E-state index contributed by atoms with van der Waals surface area (Å²) in [5.41, 5.74) is 2.55. The van der Waals surface area contributed by atoms with Gasteiger partial charge in [0, 0.05) is 6.54 Å². The Balaban J connectivity index is 1.80. The van der Waals surface area contributed by atoms with Crippen LogP contribution in [-0.2, 0) is 4.79 Å². The Labute approximate surface area is 135 Å². The highest BCUT2D eigenvalue weighted by atomic mass is 16.2. The van der Waals surface area contributed by atoms with Gasteiger partial charge in [0.05, 0.1) is 22.6 Å². The van der Waals surface area contributed by atoms with E-state index in [1.54, 1.807) is 11.6 Å². The highest BCUT2D eigenvalue weighted by molar-refractivity contribution is 6.43. The zero-order chi connectivity index (χ0) is 16.4. The third-order valence-corrected chi connectivity index (χ3v) is 4.50.